The molecule has 0 saturated carbocycles. The van der Waals surface area contributed by atoms with Gasteiger partial charge in [0.05, 0.1) is 0 Å². The van der Waals surface area contributed by atoms with E-state index in [0.29, 0.717) is 18.5 Å². The fraction of sp³-hybridized carbons (Fsp3) is 0.438. The summed E-state index contributed by atoms with van der Waals surface area (Å²) in [6.45, 7) is 4.07. The molecular formula is C16H19N2O3. The lowest BCUT2D eigenvalue weighted by Crippen LogP contribution is -2.48. The quantitative estimate of drug-likeness (QED) is 0.839. The van der Waals surface area contributed by atoms with Crippen molar-refractivity contribution in [2.24, 2.45) is 11.7 Å². The summed E-state index contributed by atoms with van der Waals surface area (Å²) in [7, 11) is 0. The lowest BCUT2D eigenvalue weighted by atomic mass is 9.91. The van der Waals surface area contributed by atoms with E-state index in [9.17, 15) is 14.4 Å². The van der Waals surface area contributed by atoms with Crippen LogP contribution in [0.1, 0.15) is 37.4 Å². The van der Waals surface area contributed by atoms with Crippen molar-refractivity contribution in [3.05, 3.63) is 35.4 Å². The molecule has 111 valence electrons. The predicted molar refractivity (Wildman–Crippen MR) is 77.1 cm³/mol. The number of fused-ring (bicyclic) bond motifs is 1. The highest BCUT2D eigenvalue weighted by Crippen LogP contribution is 2.29. The Labute approximate surface area is 124 Å². The molecule has 5 nitrogen and oxygen atoms in total. The molecule has 2 rings (SSSR count). The smallest absolute Gasteiger partial charge is 0.290 e. The summed E-state index contributed by atoms with van der Waals surface area (Å²) >= 11 is 0. The molecule has 0 bridgehead atoms. The van der Waals surface area contributed by atoms with E-state index in [4.69, 9.17) is 5.73 Å². The fourth-order valence-electron chi connectivity index (χ4n) is 2.64. The first-order valence-electron chi connectivity index (χ1n) is 7.03. The van der Waals surface area contributed by atoms with Crippen molar-refractivity contribution in [2.75, 3.05) is 6.54 Å². The number of benzene rings is 1. The number of carbonyl (C=O) groups is 3. The van der Waals surface area contributed by atoms with Crippen molar-refractivity contribution in [2.45, 2.75) is 32.7 Å². The number of nitrogens with two attached hydrogens (primary N) is 1. The minimum atomic E-state index is -0.869. The van der Waals surface area contributed by atoms with Gasteiger partial charge in [-0.05, 0) is 29.5 Å². The molecule has 1 radical (unpaired) electrons. The average molecular weight is 287 g/mol. The highest BCUT2D eigenvalue weighted by molar-refractivity contribution is 6.36. The fourth-order valence-corrected chi connectivity index (χ4v) is 2.64. The number of primary amides is 1. The third kappa shape index (κ3) is 3.12. The second-order valence-corrected chi connectivity index (χ2v) is 5.70. The van der Waals surface area contributed by atoms with E-state index < -0.39 is 23.6 Å². The maximum Gasteiger partial charge on any atom is 0.290 e. The number of hydrogen-bond acceptors (Lipinski definition) is 3. The molecule has 1 aliphatic rings. The van der Waals surface area contributed by atoms with Crippen molar-refractivity contribution >= 4 is 17.6 Å². The summed E-state index contributed by atoms with van der Waals surface area (Å²) in [6.07, 6.45) is 0.771. The molecule has 0 saturated heterocycles. The number of ketones is 1. The molecule has 2 amide bonds. The summed E-state index contributed by atoms with van der Waals surface area (Å²) in [5.41, 5.74) is 7.10. The Balaban J connectivity index is 2.30. The number of Topliss-reactive ketones (excluding diaryl/α,β-unsaturated/α-hetero) is 1. The minimum absolute atomic E-state index is 0.0974. The van der Waals surface area contributed by atoms with Crippen LogP contribution >= 0.6 is 0 Å². The largest absolute Gasteiger partial charge is 0.368 e. The number of carbonyl (C=O) groups excluding carboxylic acids is 3. The molecule has 0 aromatic heterocycles. The van der Waals surface area contributed by atoms with Gasteiger partial charge in [0.25, 0.3) is 5.91 Å². The van der Waals surface area contributed by atoms with Crippen LogP contribution in [0.3, 0.4) is 0 Å². The van der Waals surface area contributed by atoms with E-state index in [0.717, 1.165) is 5.56 Å². The molecule has 1 aromatic carbocycles. The number of rotatable bonds is 4. The normalized spacial score (nSPS) is 17.5. The van der Waals surface area contributed by atoms with Gasteiger partial charge in [0.1, 0.15) is 6.04 Å². The molecule has 1 aliphatic heterocycles. The lowest BCUT2D eigenvalue weighted by Gasteiger charge is -2.35. The van der Waals surface area contributed by atoms with Crippen LogP contribution in [0.5, 0.6) is 0 Å². The van der Waals surface area contributed by atoms with Crippen LogP contribution in [0.4, 0.5) is 0 Å². The zero-order chi connectivity index (χ0) is 15.6. The van der Waals surface area contributed by atoms with Gasteiger partial charge >= 0.3 is 0 Å². The monoisotopic (exact) mass is 287 g/mol. The van der Waals surface area contributed by atoms with E-state index in [1.165, 1.54) is 4.90 Å². The highest BCUT2D eigenvalue weighted by Gasteiger charge is 2.36. The first kappa shape index (κ1) is 15.2. The number of amides is 2. The summed E-state index contributed by atoms with van der Waals surface area (Å²) < 4.78 is 0. The van der Waals surface area contributed by atoms with Crippen molar-refractivity contribution in [1.29, 1.82) is 0 Å². The van der Waals surface area contributed by atoms with Gasteiger partial charge < -0.3 is 10.6 Å². The molecule has 1 atom stereocenters. The second-order valence-electron chi connectivity index (χ2n) is 5.70. The van der Waals surface area contributed by atoms with Crippen molar-refractivity contribution < 1.29 is 14.4 Å². The van der Waals surface area contributed by atoms with Crippen LogP contribution in [0.25, 0.3) is 0 Å². The summed E-state index contributed by atoms with van der Waals surface area (Å²) in [5.74, 6) is -1.61. The third-order valence-corrected chi connectivity index (χ3v) is 3.58. The Bertz CT molecular complexity index is 581. The molecule has 1 heterocycles. The van der Waals surface area contributed by atoms with Crippen LogP contribution in [-0.2, 0) is 20.8 Å². The minimum Gasteiger partial charge on any atom is -0.368 e. The van der Waals surface area contributed by atoms with E-state index >= 15 is 0 Å². The van der Waals surface area contributed by atoms with Crippen molar-refractivity contribution in [3.63, 3.8) is 0 Å². The maximum atomic E-state index is 12.3. The van der Waals surface area contributed by atoms with Gasteiger partial charge in [0, 0.05) is 13.0 Å². The lowest BCUT2D eigenvalue weighted by molar-refractivity contribution is -0.149. The van der Waals surface area contributed by atoms with E-state index in [2.05, 4.69) is 6.07 Å². The van der Waals surface area contributed by atoms with Gasteiger partial charge in [-0.1, -0.05) is 32.0 Å². The predicted octanol–water partition coefficient (Wildman–Crippen LogP) is 1.01. The third-order valence-electron chi connectivity index (χ3n) is 3.58. The number of hydrogen-bond donors (Lipinski definition) is 1. The maximum absolute atomic E-state index is 12.3. The molecule has 2 N–H and O–H groups in total. The number of nitrogens with zero attached hydrogens (tertiary/aromatic N) is 1. The second kappa shape index (κ2) is 6.08. The summed E-state index contributed by atoms with van der Waals surface area (Å²) in [5, 5.41) is 0. The Kier molecular flexibility index (Phi) is 4.40. The Morgan fingerprint density at radius 2 is 2.14 bits per heavy atom. The standard InChI is InChI=1S/C16H19N2O3/c1-10(2)9-13(19)16(21)18-8-7-11-5-3-4-6-12(11)14(18)15(17)20/h4-6,10,14H,7-9H2,1-2H3,(H2,17,20). The molecule has 1 aromatic rings. The van der Waals surface area contributed by atoms with Crippen molar-refractivity contribution in [3.8, 4) is 0 Å². The Hall–Kier alpha value is -2.17. The van der Waals surface area contributed by atoms with Crippen LogP contribution in [0.2, 0.25) is 0 Å². The Morgan fingerprint density at radius 3 is 2.76 bits per heavy atom. The Morgan fingerprint density at radius 1 is 1.43 bits per heavy atom. The van der Waals surface area contributed by atoms with E-state index in [1.807, 2.05) is 13.8 Å². The highest BCUT2D eigenvalue weighted by atomic mass is 16.2. The first-order valence-corrected chi connectivity index (χ1v) is 7.03. The molecule has 1 unspecified atom stereocenters. The summed E-state index contributed by atoms with van der Waals surface area (Å²) in [4.78, 5) is 37.4. The van der Waals surface area contributed by atoms with Gasteiger partial charge in [0.2, 0.25) is 11.7 Å². The molecule has 0 aliphatic carbocycles. The van der Waals surface area contributed by atoms with Crippen LogP contribution < -0.4 is 5.73 Å². The van der Waals surface area contributed by atoms with Crippen LogP contribution in [0.15, 0.2) is 18.2 Å². The zero-order valence-electron chi connectivity index (χ0n) is 12.3. The zero-order valence-corrected chi connectivity index (χ0v) is 12.3. The molecular weight excluding hydrogens is 268 g/mol. The van der Waals surface area contributed by atoms with Gasteiger partial charge in [-0.15, -0.1) is 0 Å². The van der Waals surface area contributed by atoms with Gasteiger partial charge in [-0.25, -0.2) is 0 Å². The molecule has 5 heteroatoms. The molecule has 0 fully saturated rings. The van der Waals surface area contributed by atoms with Gasteiger partial charge in [-0.2, -0.15) is 0 Å². The van der Waals surface area contributed by atoms with E-state index in [-0.39, 0.29) is 12.3 Å². The van der Waals surface area contributed by atoms with Crippen LogP contribution in [0, 0.1) is 12.0 Å². The molecule has 0 spiro atoms. The summed E-state index contributed by atoms with van der Waals surface area (Å²) in [6, 6.07) is 7.29. The SMILES string of the molecule is CC(C)CC(=O)C(=O)N1CCc2c[c]ccc2C1C(N)=O. The van der Waals surface area contributed by atoms with Crippen LogP contribution in [-0.4, -0.2) is 29.0 Å². The molecule has 21 heavy (non-hydrogen) atoms. The van der Waals surface area contributed by atoms with Crippen molar-refractivity contribution in [1.82, 2.24) is 4.90 Å². The van der Waals surface area contributed by atoms with E-state index in [1.54, 1.807) is 18.2 Å². The topological polar surface area (TPSA) is 80.5 Å². The van der Waals surface area contributed by atoms with Gasteiger partial charge in [-0.3, -0.25) is 14.4 Å². The first-order chi connectivity index (χ1) is 9.91. The van der Waals surface area contributed by atoms with Gasteiger partial charge in [0.15, 0.2) is 0 Å². The average Bonchev–Trinajstić information content (AvgIpc) is 2.44.